The van der Waals surface area contributed by atoms with Crippen LogP contribution in [-0.4, -0.2) is 20.0 Å². The average molecular weight is 285 g/mol. The van der Waals surface area contributed by atoms with E-state index in [1.165, 1.54) is 14.2 Å². The third-order valence-electron chi connectivity index (χ3n) is 3.20. The fraction of sp³-hybridized carbons (Fsp3) is 0.571. The molecular formula is C14H24NO3P. The molecule has 1 aromatic rings. The molecule has 0 fully saturated rings. The van der Waals surface area contributed by atoms with Crippen LogP contribution in [0.3, 0.4) is 0 Å². The Kier molecular flexibility index (Phi) is 6.21. The number of rotatable bonds is 7. The van der Waals surface area contributed by atoms with Gasteiger partial charge in [0.05, 0.1) is 0 Å². The van der Waals surface area contributed by atoms with Crippen LogP contribution in [0.4, 0.5) is 0 Å². The quantitative estimate of drug-likeness (QED) is 0.774. The summed E-state index contributed by atoms with van der Waals surface area (Å²) in [6.07, 6.45) is 0. The van der Waals surface area contributed by atoms with Crippen molar-refractivity contribution in [3.63, 3.8) is 0 Å². The van der Waals surface area contributed by atoms with Crippen molar-refractivity contribution < 1.29 is 13.6 Å². The van der Waals surface area contributed by atoms with E-state index < -0.39 is 7.60 Å². The van der Waals surface area contributed by atoms with Crippen LogP contribution in [0.1, 0.15) is 32.4 Å². The summed E-state index contributed by atoms with van der Waals surface area (Å²) in [7, 11) is -0.283. The van der Waals surface area contributed by atoms with Crippen LogP contribution in [-0.2, 0) is 13.6 Å². The number of hydrogen-bond donors (Lipinski definition) is 1. The molecule has 1 aromatic carbocycles. The van der Waals surface area contributed by atoms with Crippen molar-refractivity contribution in [2.24, 2.45) is 5.92 Å². The second kappa shape index (κ2) is 7.20. The number of benzene rings is 1. The van der Waals surface area contributed by atoms with E-state index in [1.807, 2.05) is 51.1 Å². The van der Waals surface area contributed by atoms with Crippen LogP contribution in [0.2, 0.25) is 0 Å². The van der Waals surface area contributed by atoms with E-state index in [0.717, 1.165) is 5.56 Å². The Morgan fingerprint density at radius 1 is 1.05 bits per heavy atom. The van der Waals surface area contributed by atoms with Gasteiger partial charge in [0.25, 0.3) is 0 Å². The van der Waals surface area contributed by atoms with Gasteiger partial charge in [-0.1, -0.05) is 44.2 Å². The summed E-state index contributed by atoms with van der Waals surface area (Å²) in [5.41, 5.74) is 1.15. The van der Waals surface area contributed by atoms with Crippen LogP contribution < -0.4 is 5.32 Å². The van der Waals surface area contributed by atoms with Crippen LogP contribution >= 0.6 is 7.60 Å². The van der Waals surface area contributed by atoms with E-state index in [0.29, 0.717) is 0 Å². The SMILES string of the molecule is COP(=O)(OC)[C@@H](N[C@@H](C)c1ccccc1)C(C)C. The molecule has 0 radical (unpaired) electrons. The molecule has 0 spiro atoms. The van der Waals surface area contributed by atoms with Crippen molar-refractivity contribution in [3.8, 4) is 0 Å². The van der Waals surface area contributed by atoms with Crippen LogP contribution in [0, 0.1) is 5.92 Å². The first-order valence-corrected chi connectivity index (χ1v) is 8.08. The van der Waals surface area contributed by atoms with Gasteiger partial charge < -0.3 is 9.05 Å². The van der Waals surface area contributed by atoms with Gasteiger partial charge in [-0.15, -0.1) is 0 Å². The largest absolute Gasteiger partial charge is 0.347 e. The topological polar surface area (TPSA) is 47.6 Å². The van der Waals surface area contributed by atoms with Gasteiger partial charge in [0.15, 0.2) is 0 Å². The summed E-state index contributed by atoms with van der Waals surface area (Å²) in [4.78, 5) is 0. The van der Waals surface area contributed by atoms with Crippen LogP contribution in [0.5, 0.6) is 0 Å². The van der Waals surface area contributed by atoms with Gasteiger partial charge in [-0.05, 0) is 18.4 Å². The lowest BCUT2D eigenvalue weighted by molar-refractivity contribution is 0.243. The standard InChI is InChI=1S/C14H24NO3P/c1-11(2)14(19(16,17-4)18-5)15-12(3)13-9-7-6-8-10-13/h6-12,14-15H,1-5H3/t12-,14+/m0/s1. The maximum Gasteiger partial charge on any atom is 0.347 e. The minimum atomic E-state index is -3.13. The van der Waals surface area contributed by atoms with E-state index in [9.17, 15) is 4.57 Å². The molecule has 1 rings (SSSR count). The third-order valence-corrected chi connectivity index (χ3v) is 5.65. The molecule has 0 bridgehead atoms. The minimum absolute atomic E-state index is 0.0761. The zero-order valence-corrected chi connectivity index (χ0v) is 13.2. The molecule has 108 valence electrons. The Morgan fingerprint density at radius 2 is 1.58 bits per heavy atom. The van der Waals surface area contributed by atoms with Crippen LogP contribution in [0.15, 0.2) is 30.3 Å². The highest BCUT2D eigenvalue weighted by atomic mass is 31.2. The Hall–Kier alpha value is -0.670. The van der Waals surface area contributed by atoms with E-state index in [4.69, 9.17) is 9.05 Å². The van der Waals surface area contributed by atoms with Crippen molar-refractivity contribution in [3.05, 3.63) is 35.9 Å². The fourth-order valence-electron chi connectivity index (χ4n) is 2.04. The zero-order chi connectivity index (χ0) is 14.5. The van der Waals surface area contributed by atoms with E-state index in [2.05, 4.69) is 5.32 Å². The summed E-state index contributed by atoms with van der Waals surface area (Å²) < 4.78 is 22.8. The number of hydrogen-bond acceptors (Lipinski definition) is 4. The molecular weight excluding hydrogens is 261 g/mol. The van der Waals surface area contributed by atoms with Gasteiger partial charge in [0, 0.05) is 20.3 Å². The van der Waals surface area contributed by atoms with Gasteiger partial charge >= 0.3 is 7.60 Å². The lowest BCUT2D eigenvalue weighted by Crippen LogP contribution is -2.36. The van der Waals surface area contributed by atoms with Gasteiger partial charge in [0.2, 0.25) is 0 Å². The predicted molar refractivity (Wildman–Crippen MR) is 78.2 cm³/mol. The second-order valence-electron chi connectivity index (χ2n) is 4.89. The maximum atomic E-state index is 12.6. The molecule has 0 heterocycles. The monoisotopic (exact) mass is 285 g/mol. The molecule has 0 aliphatic carbocycles. The molecule has 0 unspecified atom stereocenters. The maximum absolute atomic E-state index is 12.6. The molecule has 0 saturated heterocycles. The summed E-state index contributed by atoms with van der Waals surface area (Å²) >= 11 is 0. The molecule has 0 aliphatic rings. The van der Waals surface area contributed by atoms with Crippen LogP contribution in [0.25, 0.3) is 0 Å². The molecule has 1 N–H and O–H groups in total. The molecule has 5 heteroatoms. The summed E-state index contributed by atoms with van der Waals surface area (Å²) in [5, 5.41) is 3.36. The molecule has 4 nitrogen and oxygen atoms in total. The summed E-state index contributed by atoms with van der Waals surface area (Å²) in [5.74, 6) is -0.199. The lowest BCUT2D eigenvalue weighted by Gasteiger charge is -2.31. The first-order chi connectivity index (χ1) is 8.94. The van der Waals surface area contributed by atoms with E-state index in [-0.39, 0.29) is 17.7 Å². The first-order valence-electron chi connectivity index (χ1n) is 6.46. The Balaban J connectivity index is 2.89. The minimum Gasteiger partial charge on any atom is -0.311 e. The Bertz CT molecular complexity index is 414. The van der Waals surface area contributed by atoms with Crippen molar-refractivity contribution in [2.75, 3.05) is 14.2 Å². The van der Waals surface area contributed by atoms with Crippen molar-refractivity contribution >= 4 is 7.60 Å². The number of nitrogens with one attached hydrogen (secondary N) is 1. The highest BCUT2D eigenvalue weighted by molar-refractivity contribution is 7.54. The Morgan fingerprint density at radius 3 is 2.00 bits per heavy atom. The van der Waals surface area contributed by atoms with Gasteiger partial charge in [-0.2, -0.15) is 0 Å². The molecule has 0 aromatic heterocycles. The summed E-state index contributed by atoms with van der Waals surface area (Å²) in [6, 6.07) is 10.1. The van der Waals surface area contributed by atoms with Crippen molar-refractivity contribution in [1.29, 1.82) is 0 Å². The molecule has 2 atom stereocenters. The molecule has 19 heavy (non-hydrogen) atoms. The van der Waals surface area contributed by atoms with Gasteiger partial charge in [0.1, 0.15) is 5.78 Å². The van der Waals surface area contributed by atoms with Crippen molar-refractivity contribution in [1.82, 2.24) is 5.32 Å². The molecule has 0 saturated carbocycles. The third kappa shape index (κ3) is 4.15. The zero-order valence-electron chi connectivity index (χ0n) is 12.3. The highest BCUT2D eigenvalue weighted by Crippen LogP contribution is 2.53. The fourth-order valence-corrected chi connectivity index (χ4v) is 3.78. The highest BCUT2D eigenvalue weighted by Gasteiger charge is 2.37. The summed E-state index contributed by atoms with van der Waals surface area (Å²) in [6.45, 7) is 6.04. The lowest BCUT2D eigenvalue weighted by atomic mass is 10.1. The van der Waals surface area contributed by atoms with Gasteiger partial charge in [-0.25, -0.2) is 0 Å². The Labute approximate surface area is 116 Å². The second-order valence-corrected chi connectivity index (χ2v) is 7.26. The molecule has 0 amide bonds. The average Bonchev–Trinajstić information content (AvgIpc) is 2.44. The smallest absolute Gasteiger partial charge is 0.311 e. The van der Waals surface area contributed by atoms with Gasteiger partial charge in [-0.3, -0.25) is 9.88 Å². The van der Waals surface area contributed by atoms with E-state index in [1.54, 1.807) is 0 Å². The predicted octanol–water partition coefficient (Wildman–Crippen LogP) is 3.81. The first kappa shape index (κ1) is 16.4. The van der Waals surface area contributed by atoms with Crippen molar-refractivity contribution in [2.45, 2.75) is 32.6 Å². The normalized spacial score (nSPS) is 15.5. The van der Waals surface area contributed by atoms with E-state index >= 15 is 0 Å². The molecule has 0 aliphatic heterocycles.